The van der Waals surface area contributed by atoms with Gasteiger partial charge in [-0.3, -0.25) is 0 Å². The molecule has 0 aliphatic heterocycles. The van der Waals surface area contributed by atoms with E-state index in [0.717, 1.165) is 23.5 Å². The summed E-state index contributed by atoms with van der Waals surface area (Å²) in [5.74, 6) is 2.20. The molecule has 2 rings (SSSR count). The lowest BCUT2D eigenvalue weighted by Crippen LogP contribution is -2.19. The Morgan fingerprint density at radius 1 is 1.14 bits per heavy atom. The van der Waals surface area contributed by atoms with Crippen LogP contribution in [0.25, 0.3) is 0 Å². The monoisotopic (exact) mass is 287 g/mol. The molecule has 0 saturated carbocycles. The maximum absolute atomic E-state index is 5.81. The second kappa shape index (κ2) is 7.04. The summed E-state index contributed by atoms with van der Waals surface area (Å²) < 4.78 is 10.5. The Morgan fingerprint density at radius 3 is 2.57 bits per heavy atom. The Bertz CT molecular complexity index is 600. The van der Waals surface area contributed by atoms with Crippen molar-refractivity contribution in [2.75, 3.05) is 14.2 Å². The van der Waals surface area contributed by atoms with Gasteiger partial charge >= 0.3 is 0 Å². The van der Waals surface area contributed by atoms with Crippen molar-refractivity contribution in [3.8, 4) is 11.5 Å². The maximum Gasteiger partial charge on any atom is 0.161 e. The van der Waals surface area contributed by atoms with Crippen molar-refractivity contribution in [2.45, 2.75) is 25.8 Å². The molecular formula is C16H21N3O2. The van der Waals surface area contributed by atoms with Gasteiger partial charge in [0.2, 0.25) is 0 Å². The molecule has 5 nitrogen and oxygen atoms in total. The van der Waals surface area contributed by atoms with E-state index in [0.29, 0.717) is 17.9 Å². The zero-order valence-corrected chi connectivity index (χ0v) is 12.7. The van der Waals surface area contributed by atoms with E-state index >= 15 is 0 Å². The molecule has 1 aromatic heterocycles. The van der Waals surface area contributed by atoms with Gasteiger partial charge in [0.1, 0.15) is 5.82 Å². The highest BCUT2D eigenvalue weighted by Gasteiger charge is 2.07. The lowest BCUT2D eigenvalue weighted by atomic mass is 10.1. The summed E-state index contributed by atoms with van der Waals surface area (Å²) in [7, 11) is 3.25. The summed E-state index contributed by atoms with van der Waals surface area (Å²) in [5, 5.41) is 0. The van der Waals surface area contributed by atoms with Crippen LogP contribution in [-0.2, 0) is 12.8 Å². The largest absolute Gasteiger partial charge is 0.493 e. The van der Waals surface area contributed by atoms with Crippen molar-refractivity contribution in [3.63, 3.8) is 0 Å². The van der Waals surface area contributed by atoms with Gasteiger partial charge in [-0.15, -0.1) is 0 Å². The minimum absolute atomic E-state index is 0.0915. The van der Waals surface area contributed by atoms with Crippen LogP contribution in [-0.4, -0.2) is 30.2 Å². The van der Waals surface area contributed by atoms with E-state index in [4.69, 9.17) is 15.2 Å². The fourth-order valence-corrected chi connectivity index (χ4v) is 2.14. The molecule has 1 atom stereocenters. The molecule has 21 heavy (non-hydrogen) atoms. The molecule has 0 spiro atoms. The molecule has 1 unspecified atom stereocenters. The molecule has 0 amide bonds. The van der Waals surface area contributed by atoms with Gasteiger partial charge < -0.3 is 15.2 Å². The molecule has 0 fully saturated rings. The Hall–Kier alpha value is -2.14. The predicted molar refractivity (Wildman–Crippen MR) is 81.7 cm³/mol. The Labute approximate surface area is 125 Å². The van der Waals surface area contributed by atoms with Crippen molar-refractivity contribution in [3.05, 3.63) is 47.5 Å². The lowest BCUT2D eigenvalue weighted by molar-refractivity contribution is 0.354. The van der Waals surface area contributed by atoms with Crippen LogP contribution in [0.2, 0.25) is 0 Å². The number of aromatic nitrogens is 2. The summed E-state index contributed by atoms with van der Waals surface area (Å²) in [6.07, 6.45) is 3.18. The number of nitrogens with two attached hydrogens (primary N) is 1. The van der Waals surface area contributed by atoms with Crippen LogP contribution in [0, 0.1) is 0 Å². The molecular weight excluding hydrogens is 266 g/mol. The third-order valence-corrected chi connectivity index (χ3v) is 3.10. The number of benzene rings is 1. The van der Waals surface area contributed by atoms with Crippen LogP contribution in [0.4, 0.5) is 0 Å². The second-order valence-corrected chi connectivity index (χ2v) is 5.01. The van der Waals surface area contributed by atoms with E-state index in [2.05, 4.69) is 9.97 Å². The third-order valence-electron chi connectivity index (χ3n) is 3.10. The van der Waals surface area contributed by atoms with E-state index in [1.165, 1.54) is 0 Å². The van der Waals surface area contributed by atoms with Gasteiger partial charge in [0, 0.05) is 30.8 Å². The predicted octanol–water partition coefficient (Wildman–Crippen LogP) is 1.97. The maximum atomic E-state index is 5.81. The van der Waals surface area contributed by atoms with E-state index < -0.39 is 0 Å². The number of hydrogen-bond donors (Lipinski definition) is 1. The van der Waals surface area contributed by atoms with Crippen molar-refractivity contribution in [2.24, 2.45) is 5.73 Å². The average molecular weight is 287 g/mol. The molecule has 112 valence electrons. The summed E-state index contributed by atoms with van der Waals surface area (Å²) in [6, 6.07) is 7.82. The van der Waals surface area contributed by atoms with E-state index in [1.54, 1.807) is 20.4 Å². The Morgan fingerprint density at radius 2 is 1.90 bits per heavy atom. The number of rotatable bonds is 6. The molecule has 0 aliphatic rings. The van der Waals surface area contributed by atoms with Gasteiger partial charge in [0.25, 0.3) is 0 Å². The first-order valence-corrected chi connectivity index (χ1v) is 6.89. The smallest absolute Gasteiger partial charge is 0.161 e. The SMILES string of the molecule is COc1ccc(Cc2nccc(CC(C)N)n2)cc1OC. The van der Waals surface area contributed by atoms with Crippen LogP contribution in [0.5, 0.6) is 11.5 Å². The molecule has 1 aromatic carbocycles. The fraction of sp³-hybridized carbons (Fsp3) is 0.375. The Kier molecular flexibility index (Phi) is 5.11. The number of methoxy groups -OCH3 is 2. The van der Waals surface area contributed by atoms with Crippen LogP contribution in [0.1, 0.15) is 24.0 Å². The summed E-state index contributed by atoms with van der Waals surface area (Å²) in [6.45, 7) is 1.97. The highest BCUT2D eigenvalue weighted by molar-refractivity contribution is 5.43. The van der Waals surface area contributed by atoms with Crippen LogP contribution in [0.15, 0.2) is 30.5 Å². The average Bonchev–Trinajstić information content (AvgIpc) is 2.46. The molecule has 0 aliphatic carbocycles. The standard InChI is InChI=1S/C16H21N3O2/c1-11(17)8-13-6-7-18-16(19-13)10-12-4-5-14(20-2)15(9-12)21-3/h4-7,9,11H,8,10,17H2,1-3H3. The highest BCUT2D eigenvalue weighted by atomic mass is 16.5. The number of nitrogens with zero attached hydrogens (tertiary/aromatic N) is 2. The molecule has 0 radical (unpaired) electrons. The zero-order valence-electron chi connectivity index (χ0n) is 12.7. The van der Waals surface area contributed by atoms with Crippen LogP contribution >= 0.6 is 0 Å². The van der Waals surface area contributed by atoms with Gasteiger partial charge in [-0.25, -0.2) is 9.97 Å². The lowest BCUT2D eigenvalue weighted by Gasteiger charge is -2.10. The summed E-state index contributed by atoms with van der Waals surface area (Å²) >= 11 is 0. The van der Waals surface area contributed by atoms with E-state index in [-0.39, 0.29) is 6.04 Å². The fourth-order valence-electron chi connectivity index (χ4n) is 2.14. The molecule has 0 bridgehead atoms. The van der Waals surface area contributed by atoms with Gasteiger partial charge in [-0.05, 0) is 30.7 Å². The van der Waals surface area contributed by atoms with Crippen molar-refractivity contribution >= 4 is 0 Å². The molecule has 2 N–H and O–H groups in total. The molecule has 0 saturated heterocycles. The second-order valence-electron chi connectivity index (χ2n) is 5.01. The first-order chi connectivity index (χ1) is 10.1. The normalized spacial score (nSPS) is 12.0. The number of ether oxygens (including phenoxy) is 2. The van der Waals surface area contributed by atoms with Gasteiger partial charge in [0.15, 0.2) is 11.5 Å². The minimum Gasteiger partial charge on any atom is -0.493 e. The van der Waals surface area contributed by atoms with Crippen molar-refractivity contribution in [1.82, 2.24) is 9.97 Å². The topological polar surface area (TPSA) is 70.3 Å². The molecule has 1 heterocycles. The zero-order chi connectivity index (χ0) is 15.2. The van der Waals surface area contributed by atoms with Crippen LogP contribution < -0.4 is 15.2 Å². The molecule has 2 aromatic rings. The first-order valence-electron chi connectivity index (χ1n) is 6.89. The van der Waals surface area contributed by atoms with Gasteiger partial charge in [-0.2, -0.15) is 0 Å². The quantitative estimate of drug-likeness (QED) is 0.879. The van der Waals surface area contributed by atoms with Gasteiger partial charge in [-0.1, -0.05) is 6.07 Å². The van der Waals surface area contributed by atoms with Crippen LogP contribution in [0.3, 0.4) is 0 Å². The summed E-state index contributed by atoms with van der Waals surface area (Å²) in [4.78, 5) is 8.86. The molecule has 5 heteroatoms. The third kappa shape index (κ3) is 4.16. The number of hydrogen-bond acceptors (Lipinski definition) is 5. The highest BCUT2D eigenvalue weighted by Crippen LogP contribution is 2.28. The van der Waals surface area contributed by atoms with Crippen molar-refractivity contribution < 1.29 is 9.47 Å². The van der Waals surface area contributed by atoms with E-state index in [9.17, 15) is 0 Å². The van der Waals surface area contributed by atoms with Gasteiger partial charge in [0.05, 0.1) is 14.2 Å². The minimum atomic E-state index is 0.0915. The summed E-state index contributed by atoms with van der Waals surface area (Å²) in [5.41, 5.74) is 7.85. The first kappa shape index (κ1) is 15.3. The van der Waals surface area contributed by atoms with Crippen molar-refractivity contribution in [1.29, 1.82) is 0 Å². The Balaban J connectivity index is 2.18. The van der Waals surface area contributed by atoms with E-state index in [1.807, 2.05) is 31.2 Å².